The monoisotopic (exact) mass is 479 g/mol. The second-order valence-electron chi connectivity index (χ2n) is 7.88. The van der Waals surface area contributed by atoms with Crippen LogP contribution in [-0.2, 0) is 4.79 Å². The molecule has 0 radical (unpaired) electrons. The van der Waals surface area contributed by atoms with Gasteiger partial charge in [-0.2, -0.15) is 10.2 Å². The molecule has 1 N–H and O–H groups in total. The zero-order valence-corrected chi connectivity index (χ0v) is 19.8. The van der Waals surface area contributed by atoms with Gasteiger partial charge in [-0.1, -0.05) is 0 Å². The van der Waals surface area contributed by atoms with Gasteiger partial charge >= 0.3 is 0 Å². The van der Waals surface area contributed by atoms with Gasteiger partial charge in [0.1, 0.15) is 6.07 Å². The number of piperidine rings is 1. The fourth-order valence-corrected chi connectivity index (χ4v) is 5.64. The molecule has 0 unspecified atom stereocenters. The number of carbonyl (C=O) groups is 1. The smallest absolute Gasteiger partial charge is 0.266 e. The molecule has 5 rings (SSSR count). The maximum absolute atomic E-state index is 12.8. The SMILES string of the molecule is Cc1cc(-c2csc(NC(=O)C3CCN(c4oc(-c5ccco5)nc4C#N)CC3)n2)c(C)s1. The summed E-state index contributed by atoms with van der Waals surface area (Å²) in [6.07, 6.45) is 2.83. The third-order valence-corrected chi connectivity index (χ3v) is 7.37. The minimum absolute atomic E-state index is 0.0249. The van der Waals surface area contributed by atoms with Crippen LogP contribution >= 0.6 is 22.7 Å². The van der Waals surface area contributed by atoms with Crippen LogP contribution in [0, 0.1) is 31.1 Å². The van der Waals surface area contributed by atoms with E-state index in [-0.39, 0.29) is 23.4 Å². The lowest BCUT2D eigenvalue weighted by Gasteiger charge is -2.30. The normalized spacial score (nSPS) is 14.4. The van der Waals surface area contributed by atoms with E-state index in [1.54, 1.807) is 23.5 Å². The number of nitriles is 1. The fraction of sp³-hybridized carbons (Fsp3) is 0.304. The van der Waals surface area contributed by atoms with E-state index in [0.717, 1.165) is 11.3 Å². The largest absolute Gasteiger partial charge is 0.459 e. The summed E-state index contributed by atoms with van der Waals surface area (Å²) < 4.78 is 11.1. The van der Waals surface area contributed by atoms with Crippen molar-refractivity contribution in [2.75, 3.05) is 23.3 Å². The van der Waals surface area contributed by atoms with Gasteiger partial charge in [0.05, 0.1) is 12.0 Å². The number of hydrogen-bond donors (Lipinski definition) is 1. The maximum Gasteiger partial charge on any atom is 0.266 e. The molecule has 168 valence electrons. The molecule has 4 aromatic rings. The van der Waals surface area contributed by atoms with E-state index in [2.05, 4.69) is 41.3 Å². The molecule has 1 fully saturated rings. The van der Waals surface area contributed by atoms with Crippen molar-refractivity contribution in [2.24, 2.45) is 5.92 Å². The van der Waals surface area contributed by atoms with Gasteiger partial charge in [0.15, 0.2) is 10.9 Å². The van der Waals surface area contributed by atoms with Crippen molar-refractivity contribution in [1.29, 1.82) is 5.26 Å². The third kappa shape index (κ3) is 4.29. The van der Waals surface area contributed by atoms with Crippen LogP contribution in [0.5, 0.6) is 0 Å². The second-order valence-corrected chi connectivity index (χ2v) is 10.2. The topological polar surface area (TPSA) is 108 Å². The number of rotatable bonds is 5. The number of thiazole rings is 1. The van der Waals surface area contributed by atoms with E-state index < -0.39 is 0 Å². The number of aryl methyl sites for hydroxylation is 2. The first kappa shape index (κ1) is 21.4. The zero-order chi connectivity index (χ0) is 22.9. The molecular weight excluding hydrogens is 458 g/mol. The predicted molar refractivity (Wildman–Crippen MR) is 127 cm³/mol. The van der Waals surface area contributed by atoms with Crippen molar-refractivity contribution in [3.05, 3.63) is 45.3 Å². The van der Waals surface area contributed by atoms with E-state index in [1.807, 2.05) is 10.3 Å². The summed E-state index contributed by atoms with van der Waals surface area (Å²) in [4.78, 5) is 26.1. The van der Waals surface area contributed by atoms with Crippen molar-refractivity contribution >= 4 is 39.6 Å². The van der Waals surface area contributed by atoms with Crippen molar-refractivity contribution in [2.45, 2.75) is 26.7 Å². The molecule has 4 aromatic heterocycles. The molecule has 1 aliphatic rings. The van der Waals surface area contributed by atoms with Crippen LogP contribution in [-0.4, -0.2) is 29.0 Å². The number of amides is 1. The number of oxazole rings is 1. The number of hydrogen-bond acceptors (Lipinski definition) is 9. The van der Waals surface area contributed by atoms with Crippen LogP contribution in [0.3, 0.4) is 0 Å². The minimum Gasteiger partial charge on any atom is -0.459 e. The number of carbonyl (C=O) groups excluding carboxylic acids is 1. The van der Waals surface area contributed by atoms with Gasteiger partial charge in [0.2, 0.25) is 17.5 Å². The fourth-order valence-electron chi connectivity index (χ4n) is 4.00. The second kappa shape index (κ2) is 8.84. The molecule has 8 nitrogen and oxygen atoms in total. The molecule has 0 atom stereocenters. The van der Waals surface area contributed by atoms with Gasteiger partial charge in [0, 0.05) is 39.7 Å². The van der Waals surface area contributed by atoms with Gasteiger partial charge in [-0.25, -0.2) is 4.98 Å². The Morgan fingerprint density at radius 1 is 1.30 bits per heavy atom. The Kier molecular flexibility index (Phi) is 5.74. The predicted octanol–water partition coefficient (Wildman–Crippen LogP) is 5.46. The van der Waals surface area contributed by atoms with Crippen LogP contribution in [0.4, 0.5) is 11.0 Å². The Morgan fingerprint density at radius 3 is 2.79 bits per heavy atom. The highest BCUT2D eigenvalue weighted by Crippen LogP contribution is 2.34. The Hall–Kier alpha value is -3.42. The molecule has 5 heterocycles. The van der Waals surface area contributed by atoms with Crippen molar-refractivity contribution in [3.8, 4) is 29.0 Å². The van der Waals surface area contributed by atoms with E-state index in [0.29, 0.717) is 42.7 Å². The van der Waals surface area contributed by atoms with Crippen LogP contribution in [0.2, 0.25) is 0 Å². The average Bonchev–Trinajstić information content (AvgIpc) is 3.60. The van der Waals surface area contributed by atoms with E-state index in [1.165, 1.54) is 27.4 Å². The maximum atomic E-state index is 12.8. The molecule has 0 bridgehead atoms. The molecule has 0 aromatic carbocycles. The molecule has 0 aliphatic carbocycles. The Labute approximate surface area is 198 Å². The van der Waals surface area contributed by atoms with Crippen molar-refractivity contribution in [3.63, 3.8) is 0 Å². The molecule has 1 amide bonds. The molecule has 1 saturated heterocycles. The lowest BCUT2D eigenvalue weighted by molar-refractivity contribution is -0.120. The summed E-state index contributed by atoms with van der Waals surface area (Å²) in [5.74, 6) is 1.03. The first-order valence-electron chi connectivity index (χ1n) is 10.6. The molecule has 10 heteroatoms. The van der Waals surface area contributed by atoms with Gasteiger partial charge in [0.25, 0.3) is 5.89 Å². The Balaban J connectivity index is 1.22. The number of thiophene rings is 1. The average molecular weight is 480 g/mol. The number of nitrogens with zero attached hydrogens (tertiary/aromatic N) is 4. The summed E-state index contributed by atoms with van der Waals surface area (Å²) in [5, 5.41) is 15.0. The van der Waals surface area contributed by atoms with Gasteiger partial charge in [-0.05, 0) is 44.9 Å². The summed E-state index contributed by atoms with van der Waals surface area (Å²) in [5.41, 5.74) is 2.24. The van der Waals surface area contributed by atoms with E-state index in [9.17, 15) is 10.1 Å². The van der Waals surface area contributed by atoms with Gasteiger partial charge < -0.3 is 19.1 Å². The molecule has 1 aliphatic heterocycles. The van der Waals surface area contributed by atoms with Gasteiger partial charge in [-0.15, -0.1) is 22.7 Å². The van der Waals surface area contributed by atoms with Crippen LogP contribution < -0.4 is 10.2 Å². The number of nitrogens with one attached hydrogen (secondary N) is 1. The highest BCUT2D eigenvalue weighted by Gasteiger charge is 2.29. The number of furan rings is 1. The Morgan fingerprint density at radius 2 is 2.12 bits per heavy atom. The Bertz CT molecular complexity index is 1320. The molecule has 0 spiro atoms. The molecular formula is C23H21N5O3S2. The standard InChI is InChI=1S/C23H21N5O3S2/c1-13-10-16(14(2)33-13)18-12-32-23(26-18)27-20(29)15-5-7-28(8-6-15)22-17(11-24)25-21(31-22)19-4-3-9-30-19/h3-4,9-10,12,15H,5-8H2,1-2H3,(H,26,27,29). The number of aromatic nitrogens is 2. The number of anilines is 2. The molecule has 0 saturated carbocycles. The highest BCUT2D eigenvalue weighted by atomic mass is 32.1. The van der Waals surface area contributed by atoms with E-state index >= 15 is 0 Å². The summed E-state index contributed by atoms with van der Waals surface area (Å²) in [6, 6.07) is 7.69. The summed E-state index contributed by atoms with van der Waals surface area (Å²) >= 11 is 3.19. The van der Waals surface area contributed by atoms with Gasteiger partial charge in [-0.3, -0.25) is 4.79 Å². The highest BCUT2D eigenvalue weighted by molar-refractivity contribution is 7.14. The summed E-state index contributed by atoms with van der Waals surface area (Å²) in [6.45, 7) is 5.35. The van der Waals surface area contributed by atoms with Crippen molar-refractivity contribution < 1.29 is 13.6 Å². The third-order valence-electron chi connectivity index (χ3n) is 5.65. The van der Waals surface area contributed by atoms with Crippen LogP contribution in [0.25, 0.3) is 22.9 Å². The quantitative estimate of drug-likeness (QED) is 0.405. The lowest BCUT2D eigenvalue weighted by atomic mass is 9.96. The molecule has 33 heavy (non-hydrogen) atoms. The van der Waals surface area contributed by atoms with Crippen LogP contribution in [0.15, 0.2) is 38.7 Å². The first-order chi connectivity index (χ1) is 16.0. The van der Waals surface area contributed by atoms with Crippen molar-refractivity contribution in [1.82, 2.24) is 9.97 Å². The van der Waals surface area contributed by atoms with E-state index in [4.69, 9.17) is 8.83 Å². The summed E-state index contributed by atoms with van der Waals surface area (Å²) in [7, 11) is 0. The van der Waals surface area contributed by atoms with Crippen LogP contribution in [0.1, 0.15) is 28.3 Å². The minimum atomic E-state index is -0.128. The first-order valence-corrected chi connectivity index (χ1v) is 12.2. The zero-order valence-electron chi connectivity index (χ0n) is 18.1. The lowest BCUT2D eigenvalue weighted by Crippen LogP contribution is -2.38.